The summed E-state index contributed by atoms with van der Waals surface area (Å²) in [5.41, 5.74) is 0.617. The Hall–Kier alpha value is -3.70. The van der Waals surface area contributed by atoms with Crippen molar-refractivity contribution >= 4 is 17.7 Å². The van der Waals surface area contributed by atoms with Gasteiger partial charge in [0.05, 0.1) is 6.07 Å². The molecule has 5 atom stereocenters. The number of carbonyl (C=O) groups is 3. The lowest BCUT2D eigenvalue weighted by molar-refractivity contribution is -0.153. The first-order valence-corrected chi connectivity index (χ1v) is 12.9. The van der Waals surface area contributed by atoms with E-state index in [2.05, 4.69) is 30.6 Å². The van der Waals surface area contributed by atoms with Gasteiger partial charge in [-0.3, -0.25) is 14.4 Å². The van der Waals surface area contributed by atoms with E-state index in [1.807, 2.05) is 24.3 Å². The van der Waals surface area contributed by atoms with E-state index in [0.717, 1.165) is 11.1 Å². The van der Waals surface area contributed by atoms with Gasteiger partial charge in [0.25, 0.3) is 5.91 Å². The summed E-state index contributed by atoms with van der Waals surface area (Å²) < 4.78 is 0. The highest BCUT2D eigenvalue weighted by Crippen LogP contribution is 2.65. The van der Waals surface area contributed by atoms with Gasteiger partial charge in [-0.25, -0.2) is 0 Å². The van der Waals surface area contributed by atoms with E-state index in [-0.39, 0.29) is 35.5 Å². The molecule has 190 valence electrons. The van der Waals surface area contributed by atoms with Gasteiger partial charge in [-0.05, 0) is 41.2 Å². The highest BCUT2D eigenvalue weighted by molar-refractivity contribution is 6.01. The maximum Gasteiger partial charge on any atom is 0.264 e. The van der Waals surface area contributed by atoms with Crippen molar-refractivity contribution in [2.24, 2.45) is 23.2 Å². The molecule has 3 fully saturated rings. The van der Waals surface area contributed by atoms with Crippen LogP contribution in [0.2, 0.25) is 0 Å². The second-order valence-corrected chi connectivity index (χ2v) is 11.4. The van der Waals surface area contributed by atoms with Crippen molar-refractivity contribution in [2.75, 3.05) is 13.1 Å². The summed E-state index contributed by atoms with van der Waals surface area (Å²) >= 11 is 0. The number of piperidine rings is 1. The fourth-order valence-corrected chi connectivity index (χ4v) is 7.00. The van der Waals surface area contributed by atoms with Crippen LogP contribution in [-0.2, 0) is 20.0 Å². The molecule has 8 nitrogen and oxygen atoms in total. The summed E-state index contributed by atoms with van der Waals surface area (Å²) in [5, 5.41) is 27.4. The topological polar surface area (TPSA) is 123 Å². The third-order valence-corrected chi connectivity index (χ3v) is 9.13. The van der Waals surface area contributed by atoms with E-state index in [1.165, 1.54) is 4.90 Å². The minimum absolute atomic E-state index is 0.0685. The average molecular weight is 499 g/mol. The van der Waals surface area contributed by atoms with Crippen molar-refractivity contribution in [3.63, 3.8) is 0 Å². The first-order valence-electron chi connectivity index (χ1n) is 12.9. The van der Waals surface area contributed by atoms with Crippen LogP contribution in [0.1, 0.15) is 37.8 Å². The third-order valence-electron chi connectivity index (χ3n) is 9.13. The molecule has 2 aliphatic carbocycles. The number of nitrogens with zero attached hydrogens (tertiary/aromatic N) is 2. The van der Waals surface area contributed by atoms with Crippen molar-refractivity contribution in [2.45, 2.75) is 44.4 Å². The second kappa shape index (κ2) is 8.15. The van der Waals surface area contributed by atoms with Crippen LogP contribution >= 0.6 is 0 Å². The molecule has 0 aromatic heterocycles. The van der Waals surface area contributed by atoms with Gasteiger partial charge in [-0.1, -0.05) is 62.4 Å². The number of hydrogen-bond acceptors (Lipinski definition) is 5. The normalized spacial score (nSPS) is 28.4. The summed E-state index contributed by atoms with van der Waals surface area (Å²) in [5.74, 6) is -1.28. The molecule has 4 aliphatic rings. The molecule has 2 saturated heterocycles. The van der Waals surface area contributed by atoms with Crippen molar-refractivity contribution in [3.8, 4) is 17.2 Å². The monoisotopic (exact) mass is 498 g/mol. The van der Waals surface area contributed by atoms with Gasteiger partial charge < -0.3 is 20.6 Å². The molecule has 37 heavy (non-hydrogen) atoms. The van der Waals surface area contributed by atoms with Crippen LogP contribution < -0.4 is 10.6 Å². The van der Waals surface area contributed by atoms with Gasteiger partial charge in [0.2, 0.25) is 11.8 Å². The Morgan fingerprint density at radius 2 is 1.78 bits per heavy atom. The first-order chi connectivity index (χ1) is 17.7. The van der Waals surface area contributed by atoms with E-state index in [1.54, 1.807) is 24.3 Å². The molecule has 0 spiro atoms. The minimum Gasteiger partial charge on any atom is -0.372 e. The lowest BCUT2D eigenvalue weighted by atomic mass is 9.88. The number of nitriles is 1. The molecule has 0 unspecified atom stereocenters. The molecule has 2 heterocycles. The molecular weight excluding hydrogens is 468 g/mol. The summed E-state index contributed by atoms with van der Waals surface area (Å²) in [6, 6.07) is 15.2. The lowest BCUT2D eigenvalue weighted by Gasteiger charge is -2.36. The number of benzene rings is 2. The molecule has 8 heteroatoms. The maximum atomic E-state index is 14.2. The van der Waals surface area contributed by atoms with E-state index in [0.29, 0.717) is 30.6 Å². The zero-order valence-electron chi connectivity index (χ0n) is 20.9. The Morgan fingerprint density at radius 3 is 2.35 bits per heavy atom. The molecule has 6 rings (SSSR count). The number of hydrogen-bond donors (Lipinski definition) is 3. The van der Waals surface area contributed by atoms with Gasteiger partial charge in [0.1, 0.15) is 12.1 Å². The Morgan fingerprint density at radius 1 is 1.16 bits per heavy atom. The predicted octanol–water partition coefficient (Wildman–Crippen LogP) is 1.92. The zero-order valence-corrected chi connectivity index (χ0v) is 20.9. The lowest BCUT2D eigenvalue weighted by Crippen LogP contribution is -2.56. The highest BCUT2D eigenvalue weighted by atomic mass is 16.3. The quantitative estimate of drug-likeness (QED) is 0.581. The number of aliphatic hydroxyl groups is 1. The summed E-state index contributed by atoms with van der Waals surface area (Å²) in [6.45, 7) is 5.11. The maximum absolute atomic E-state index is 14.2. The Bertz CT molecular complexity index is 1320. The number of fused-ring (bicyclic) bond motifs is 4. The van der Waals surface area contributed by atoms with Gasteiger partial charge >= 0.3 is 0 Å². The number of carbonyl (C=O) groups excluding carboxylic acids is 3. The molecule has 2 aromatic rings. The second-order valence-electron chi connectivity index (χ2n) is 11.4. The van der Waals surface area contributed by atoms with Gasteiger partial charge in [0, 0.05) is 30.1 Å². The van der Waals surface area contributed by atoms with Crippen molar-refractivity contribution in [1.29, 1.82) is 5.26 Å². The predicted molar refractivity (Wildman–Crippen MR) is 134 cm³/mol. The van der Waals surface area contributed by atoms with Crippen LogP contribution in [0, 0.1) is 34.5 Å². The fourth-order valence-electron chi connectivity index (χ4n) is 7.00. The van der Waals surface area contributed by atoms with E-state index < -0.39 is 29.5 Å². The Labute approximate surface area is 215 Å². The van der Waals surface area contributed by atoms with Gasteiger partial charge in [-0.15, -0.1) is 0 Å². The number of likely N-dealkylation sites (tertiary alicyclic amines) is 1. The average Bonchev–Trinajstić information content (AvgIpc) is 3.32. The van der Waals surface area contributed by atoms with E-state index >= 15 is 0 Å². The Balaban J connectivity index is 1.31. The van der Waals surface area contributed by atoms with Crippen molar-refractivity contribution in [1.82, 2.24) is 15.5 Å². The molecule has 0 radical (unpaired) electrons. The first kappa shape index (κ1) is 23.7. The van der Waals surface area contributed by atoms with E-state index in [9.17, 15) is 24.8 Å². The standard InChI is InChI=1S/C29H30N4O4/c1-28(2)22-15-33(24(23(22)28)26(35)32-17(14-30)13-16-11-12-31-25(16)34)27(36)29(37)20-9-5-3-7-18(20)19-8-4-6-10-21(19)29/h3-10,16-17,22-24,37H,11-13,15H2,1-2H3,(H,31,34)(H,32,35)/t16-,17+,22-,23-,24-/m1/s1. The highest BCUT2D eigenvalue weighted by Gasteiger charge is 2.70. The van der Waals surface area contributed by atoms with Crippen LogP contribution in [0.15, 0.2) is 48.5 Å². The number of nitrogens with one attached hydrogen (secondary N) is 2. The molecule has 2 aromatic carbocycles. The molecule has 3 amide bonds. The SMILES string of the molecule is CC1(C)[C@@H]2[C@H]1CN(C(=O)C1(O)c3ccccc3-c3ccccc31)[C@H]2C(=O)N[C@H](C#N)C[C@H]1CCNC1=O. The van der Waals surface area contributed by atoms with Crippen LogP contribution in [0.5, 0.6) is 0 Å². The summed E-state index contributed by atoms with van der Waals surface area (Å²) in [4.78, 5) is 41.5. The fraction of sp³-hybridized carbons (Fsp3) is 0.448. The third kappa shape index (κ3) is 3.33. The van der Waals surface area contributed by atoms with Crippen LogP contribution in [0.25, 0.3) is 11.1 Å². The van der Waals surface area contributed by atoms with Crippen LogP contribution in [0.3, 0.4) is 0 Å². The zero-order chi connectivity index (χ0) is 26.1. The largest absolute Gasteiger partial charge is 0.372 e. The molecule has 3 N–H and O–H groups in total. The summed E-state index contributed by atoms with van der Waals surface area (Å²) in [6.07, 6.45) is 0.863. The molecular formula is C29H30N4O4. The van der Waals surface area contributed by atoms with Crippen molar-refractivity contribution < 1.29 is 19.5 Å². The summed E-state index contributed by atoms with van der Waals surface area (Å²) in [7, 11) is 0. The molecule has 2 aliphatic heterocycles. The smallest absolute Gasteiger partial charge is 0.264 e. The molecule has 1 saturated carbocycles. The Kier molecular flexibility index (Phi) is 5.22. The van der Waals surface area contributed by atoms with Crippen molar-refractivity contribution in [3.05, 3.63) is 59.7 Å². The van der Waals surface area contributed by atoms with E-state index in [4.69, 9.17) is 0 Å². The van der Waals surface area contributed by atoms with Crippen LogP contribution in [0.4, 0.5) is 0 Å². The molecule has 0 bridgehead atoms. The number of amides is 3. The minimum atomic E-state index is -1.90. The van der Waals surface area contributed by atoms with Gasteiger partial charge in [0.15, 0.2) is 5.60 Å². The number of rotatable bonds is 5. The van der Waals surface area contributed by atoms with Crippen LogP contribution in [-0.4, -0.2) is 52.9 Å². The van der Waals surface area contributed by atoms with Gasteiger partial charge in [-0.2, -0.15) is 5.26 Å².